The van der Waals surface area contributed by atoms with E-state index in [2.05, 4.69) is 20.1 Å². The number of aromatic amines is 1. The van der Waals surface area contributed by atoms with E-state index in [0.29, 0.717) is 34.0 Å². The fourth-order valence-electron chi connectivity index (χ4n) is 3.05. The van der Waals surface area contributed by atoms with Crippen molar-refractivity contribution in [2.24, 2.45) is 5.73 Å². The SMILES string of the molecule is Cc1c(C(=O)O)nn(-c2cc(C(N)=O)ccc2-c2nc3ncccc3[nH]2)c1C. The molecule has 9 heteroatoms. The summed E-state index contributed by atoms with van der Waals surface area (Å²) in [7, 11) is 0. The maximum Gasteiger partial charge on any atom is 0.356 e. The normalized spacial score (nSPS) is 11.1. The average Bonchev–Trinajstić information content (AvgIpc) is 3.23. The highest BCUT2D eigenvalue weighted by molar-refractivity contribution is 5.95. The molecule has 140 valence electrons. The number of fused-ring (bicyclic) bond motifs is 1. The van der Waals surface area contributed by atoms with Gasteiger partial charge >= 0.3 is 5.97 Å². The Labute approximate surface area is 158 Å². The molecule has 9 nitrogen and oxygen atoms in total. The van der Waals surface area contributed by atoms with E-state index in [1.165, 1.54) is 4.68 Å². The van der Waals surface area contributed by atoms with Crippen LogP contribution in [0.5, 0.6) is 0 Å². The summed E-state index contributed by atoms with van der Waals surface area (Å²) >= 11 is 0. The number of aromatic nitrogens is 5. The Morgan fingerprint density at radius 1 is 1.21 bits per heavy atom. The minimum atomic E-state index is -1.13. The van der Waals surface area contributed by atoms with Crippen LogP contribution in [0, 0.1) is 13.8 Å². The number of nitrogens with zero attached hydrogens (tertiary/aromatic N) is 4. The number of carboxylic acid groups (broad SMARTS) is 1. The van der Waals surface area contributed by atoms with E-state index >= 15 is 0 Å². The molecule has 4 N–H and O–H groups in total. The van der Waals surface area contributed by atoms with Gasteiger partial charge in [-0.2, -0.15) is 5.10 Å². The molecule has 4 aromatic rings. The Morgan fingerprint density at radius 3 is 2.64 bits per heavy atom. The summed E-state index contributed by atoms with van der Waals surface area (Å²) in [5.41, 5.74) is 9.24. The molecule has 0 fully saturated rings. The molecule has 0 radical (unpaired) electrons. The van der Waals surface area contributed by atoms with Gasteiger partial charge in [-0.25, -0.2) is 19.4 Å². The molecule has 3 aromatic heterocycles. The summed E-state index contributed by atoms with van der Waals surface area (Å²) in [5.74, 6) is -1.21. The highest BCUT2D eigenvalue weighted by atomic mass is 16.4. The highest BCUT2D eigenvalue weighted by Crippen LogP contribution is 2.29. The van der Waals surface area contributed by atoms with Crippen LogP contribution in [0.3, 0.4) is 0 Å². The van der Waals surface area contributed by atoms with Crippen molar-refractivity contribution < 1.29 is 14.7 Å². The molecule has 0 unspecified atom stereocenters. The van der Waals surface area contributed by atoms with Crippen LogP contribution in [0.1, 0.15) is 32.1 Å². The third kappa shape index (κ3) is 2.69. The maximum atomic E-state index is 11.7. The lowest BCUT2D eigenvalue weighted by atomic mass is 10.1. The molecule has 0 aliphatic heterocycles. The largest absolute Gasteiger partial charge is 0.476 e. The Balaban J connectivity index is 2.00. The summed E-state index contributed by atoms with van der Waals surface area (Å²) in [5, 5.41) is 13.6. The van der Waals surface area contributed by atoms with Crippen molar-refractivity contribution in [1.29, 1.82) is 0 Å². The van der Waals surface area contributed by atoms with Gasteiger partial charge in [0.2, 0.25) is 5.91 Å². The van der Waals surface area contributed by atoms with E-state index in [-0.39, 0.29) is 11.3 Å². The number of imidazole rings is 1. The number of nitrogens with one attached hydrogen (secondary N) is 1. The number of aromatic carboxylic acids is 1. The zero-order chi connectivity index (χ0) is 20.0. The van der Waals surface area contributed by atoms with Crippen LogP contribution >= 0.6 is 0 Å². The van der Waals surface area contributed by atoms with E-state index in [1.807, 2.05) is 6.07 Å². The lowest BCUT2D eigenvalue weighted by Crippen LogP contribution is -2.12. The lowest BCUT2D eigenvalue weighted by molar-refractivity contribution is 0.0689. The molecule has 3 heterocycles. The summed E-state index contributed by atoms with van der Waals surface area (Å²) in [6.45, 7) is 3.45. The molecule has 28 heavy (non-hydrogen) atoms. The molecule has 1 amide bonds. The molecule has 0 saturated heterocycles. The first kappa shape index (κ1) is 17.4. The summed E-state index contributed by atoms with van der Waals surface area (Å²) in [6.07, 6.45) is 1.64. The number of primary amides is 1. The Bertz CT molecular complexity index is 1220. The molecule has 0 aliphatic carbocycles. The second-order valence-electron chi connectivity index (χ2n) is 6.33. The van der Waals surface area contributed by atoms with Crippen molar-refractivity contribution in [3.8, 4) is 17.1 Å². The second-order valence-corrected chi connectivity index (χ2v) is 6.33. The van der Waals surface area contributed by atoms with Gasteiger partial charge in [0.25, 0.3) is 0 Å². The van der Waals surface area contributed by atoms with Crippen molar-refractivity contribution in [2.45, 2.75) is 13.8 Å². The molecule has 0 saturated carbocycles. The molecular weight excluding hydrogens is 360 g/mol. The Hall–Kier alpha value is -4.01. The van der Waals surface area contributed by atoms with Gasteiger partial charge in [-0.3, -0.25) is 4.79 Å². The van der Waals surface area contributed by atoms with Gasteiger partial charge in [0.05, 0.1) is 11.2 Å². The van der Waals surface area contributed by atoms with Gasteiger partial charge in [-0.1, -0.05) is 0 Å². The Morgan fingerprint density at radius 2 is 2.00 bits per heavy atom. The van der Waals surface area contributed by atoms with E-state index in [1.54, 1.807) is 44.3 Å². The van der Waals surface area contributed by atoms with Crippen LogP contribution in [-0.2, 0) is 0 Å². The number of carbonyl (C=O) groups excluding carboxylic acids is 1. The van der Waals surface area contributed by atoms with E-state index in [0.717, 1.165) is 5.52 Å². The molecule has 0 atom stereocenters. The average molecular weight is 376 g/mol. The fourth-order valence-corrected chi connectivity index (χ4v) is 3.05. The molecular formula is C19H16N6O3. The first-order chi connectivity index (χ1) is 13.4. The number of rotatable bonds is 4. The topological polar surface area (TPSA) is 140 Å². The summed E-state index contributed by atoms with van der Waals surface area (Å²) < 4.78 is 1.49. The number of carboxylic acids is 1. The van der Waals surface area contributed by atoms with E-state index < -0.39 is 11.9 Å². The van der Waals surface area contributed by atoms with Crippen molar-refractivity contribution in [3.05, 3.63) is 59.0 Å². The highest BCUT2D eigenvalue weighted by Gasteiger charge is 2.21. The second kappa shape index (κ2) is 6.31. The number of hydrogen-bond acceptors (Lipinski definition) is 5. The number of pyridine rings is 1. The van der Waals surface area contributed by atoms with Gasteiger partial charge < -0.3 is 15.8 Å². The van der Waals surface area contributed by atoms with Gasteiger partial charge in [-0.15, -0.1) is 0 Å². The van der Waals surface area contributed by atoms with Crippen molar-refractivity contribution in [3.63, 3.8) is 0 Å². The third-order valence-electron chi connectivity index (χ3n) is 4.64. The summed E-state index contributed by atoms with van der Waals surface area (Å²) in [4.78, 5) is 35.1. The van der Waals surface area contributed by atoms with Gasteiger partial charge in [0, 0.05) is 28.6 Å². The van der Waals surface area contributed by atoms with Gasteiger partial charge in [0.15, 0.2) is 11.3 Å². The van der Waals surface area contributed by atoms with Crippen LogP contribution in [0.25, 0.3) is 28.2 Å². The van der Waals surface area contributed by atoms with E-state index in [4.69, 9.17) is 5.73 Å². The van der Waals surface area contributed by atoms with Crippen molar-refractivity contribution in [1.82, 2.24) is 24.7 Å². The monoisotopic (exact) mass is 376 g/mol. The first-order valence-electron chi connectivity index (χ1n) is 8.41. The number of H-pyrrole nitrogens is 1. The van der Waals surface area contributed by atoms with E-state index in [9.17, 15) is 14.7 Å². The van der Waals surface area contributed by atoms with Crippen LogP contribution in [0.4, 0.5) is 0 Å². The lowest BCUT2D eigenvalue weighted by Gasteiger charge is -2.11. The number of hydrogen-bond donors (Lipinski definition) is 3. The minimum Gasteiger partial charge on any atom is -0.476 e. The van der Waals surface area contributed by atoms with Gasteiger partial charge in [0.1, 0.15) is 5.82 Å². The predicted octanol–water partition coefficient (Wildman–Crippen LogP) is 2.22. The van der Waals surface area contributed by atoms with Crippen LogP contribution in [0.2, 0.25) is 0 Å². The quantitative estimate of drug-likeness (QED) is 0.499. The molecule has 0 spiro atoms. The minimum absolute atomic E-state index is 0.0563. The van der Waals surface area contributed by atoms with Crippen LogP contribution < -0.4 is 5.73 Å². The summed E-state index contributed by atoms with van der Waals surface area (Å²) in [6, 6.07) is 8.50. The Kier molecular flexibility index (Phi) is 3.92. The predicted molar refractivity (Wildman–Crippen MR) is 101 cm³/mol. The number of amides is 1. The fraction of sp³-hybridized carbons (Fsp3) is 0.105. The maximum absolute atomic E-state index is 11.7. The van der Waals surface area contributed by atoms with Crippen molar-refractivity contribution in [2.75, 3.05) is 0 Å². The number of carbonyl (C=O) groups is 2. The standard InChI is InChI=1S/C19H16N6O3/c1-9-10(2)25(24-15(9)19(27)28)14-8-11(16(20)26)5-6-12(14)17-22-13-4-3-7-21-18(13)23-17/h3-8H,1-2H3,(H2,20,26)(H,27,28)(H,21,22,23). The zero-order valence-electron chi connectivity index (χ0n) is 15.1. The molecule has 0 aliphatic rings. The third-order valence-corrected chi connectivity index (χ3v) is 4.64. The molecule has 4 rings (SSSR count). The first-order valence-corrected chi connectivity index (χ1v) is 8.41. The number of nitrogens with two attached hydrogens (primary N) is 1. The zero-order valence-corrected chi connectivity index (χ0v) is 15.1. The van der Waals surface area contributed by atoms with Crippen molar-refractivity contribution >= 4 is 23.0 Å². The molecule has 1 aromatic carbocycles. The van der Waals surface area contributed by atoms with Crippen LogP contribution in [-0.4, -0.2) is 41.7 Å². The number of benzene rings is 1. The van der Waals surface area contributed by atoms with Gasteiger partial charge in [-0.05, 0) is 44.2 Å². The van der Waals surface area contributed by atoms with Crippen LogP contribution in [0.15, 0.2) is 36.5 Å². The molecule has 0 bridgehead atoms. The smallest absolute Gasteiger partial charge is 0.356 e.